The lowest BCUT2D eigenvalue weighted by Crippen LogP contribution is -2.59. The first kappa shape index (κ1) is 26.7. The fourth-order valence-corrected chi connectivity index (χ4v) is 4.24. The molecule has 9 heteroatoms. The lowest BCUT2D eigenvalue weighted by atomic mass is 9.93. The molecule has 2 aromatic rings. The van der Waals surface area contributed by atoms with Crippen LogP contribution in [0, 0.1) is 0 Å². The third-order valence-corrected chi connectivity index (χ3v) is 6.08. The number of rotatable bonds is 13. The van der Waals surface area contributed by atoms with Crippen LogP contribution in [0.15, 0.2) is 54.6 Å². The molecule has 4 N–H and O–H groups in total. The Bertz CT molecular complexity index is 1030. The van der Waals surface area contributed by atoms with Crippen LogP contribution in [-0.2, 0) is 38.6 Å². The zero-order valence-electron chi connectivity index (χ0n) is 20.3. The van der Waals surface area contributed by atoms with Gasteiger partial charge in [-0.25, -0.2) is 4.79 Å². The number of carbonyl (C=O) groups excluding carboxylic acids is 3. The van der Waals surface area contributed by atoms with Crippen LogP contribution >= 0.6 is 0 Å². The van der Waals surface area contributed by atoms with Crippen molar-refractivity contribution < 1.29 is 29.0 Å². The highest BCUT2D eigenvalue weighted by atomic mass is 16.5. The van der Waals surface area contributed by atoms with Gasteiger partial charge < -0.3 is 25.8 Å². The van der Waals surface area contributed by atoms with E-state index in [1.807, 2.05) is 54.6 Å². The van der Waals surface area contributed by atoms with Gasteiger partial charge in [-0.15, -0.1) is 0 Å². The molecule has 0 atom stereocenters. The fraction of sp³-hybridized carbons (Fsp3) is 0.407. The Kier molecular flexibility index (Phi) is 9.85. The van der Waals surface area contributed by atoms with E-state index in [9.17, 15) is 19.2 Å². The molecule has 36 heavy (non-hydrogen) atoms. The molecular formula is C27H33N3O6. The zero-order valence-corrected chi connectivity index (χ0v) is 20.3. The Morgan fingerprint density at radius 1 is 0.806 bits per heavy atom. The van der Waals surface area contributed by atoms with Gasteiger partial charge in [-0.05, 0) is 36.0 Å². The van der Waals surface area contributed by atoms with E-state index in [2.05, 4.69) is 16.0 Å². The first-order chi connectivity index (χ1) is 17.4. The largest absolute Gasteiger partial charge is 0.481 e. The Balaban J connectivity index is 1.41. The number of carboxylic acid groups (broad SMARTS) is 1. The van der Waals surface area contributed by atoms with Gasteiger partial charge in [0.25, 0.3) is 0 Å². The summed E-state index contributed by atoms with van der Waals surface area (Å²) in [6.07, 6.45) is 1.73. The summed E-state index contributed by atoms with van der Waals surface area (Å²) in [7, 11) is 0. The van der Waals surface area contributed by atoms with Crippen molar-refractivity contribution in [3.8, 4) is 0 Å². The summed E-state index contributed by atoms with van der Waals surface area (Å²) in [5, 5.41) is 17.3. The van der Waals surface area contributed by atoms with Crippen LogP contribution in [0.1, 0.15) is 48.8 Å². The van der Waals surface area contributed by atoms with E-state index in [4.69, 9.17) is 9.84 Å². The molecule has 0 aliphatic heterocycles. The number of carbonyl (C=O) groups is 4. The van der Waals surface area contributed by atoms with E-state index in [1.54, 1.807) is 0 Å². The maximum atomic E-state index is 13.2. The van der Waals surface area contributed by atoms with Gasteiger partial charge in [-0.3, -0.25) is 14.4 Å². The third kappa shape index (κ3) is 8.11. The molecule has 1 aliphatic carbocycles. The molecule has 9 nitrogen and oxygen atoms in total. The van der Waals surface area contributed by atoms with E-state index in [1.165, 1.54) is 0 Å². The quantitative estimate of drug-likeness (QED) is 0.316. The molecular weight excluding hydrogens is 462 g/mol. The van der Waals surface area contributed by atoms with E-state index in [0.29, 0.717) is 38.8 Å². The minimum absolute atomic E-state index is 0.0454. The highest BCUT2D eigenvalue weighted by Gasteiger charge is 2.44. The molecule has 0 radical (unpaired) electrons. The molecule has 0 bridgehead atoms. The first-order valence-corrected chi connectivity index (χ1v) is 12.2. The number of ether oxygens (including phenoxy) is 1. The summed E-state index contributed by atoms with van der Waals surface area (Å²) >= 11 is 0. The average Bonchev–Trinajstić information content (AvgIpc) is 3.24. The van der Waals surface area contributed by atoms with E-state index >= 15 is 0 Å². The molecule has 0 saturated carbocycles. The van der Waals surface area contributed by atoms with Crippen molar-refractivity contribution in [2.75, 3.05) is 13.1 Å². The Morgan fingerprint density at radius 3 is 2.06 bits per heavy atom. The van der Waals surface area contributed by atoms with Gasteiger partial charge in [0.15, 0.2) is 0 Å². The van der Waals surface area contributed by atoms with Gasteiger partial charge in [0, 0.05) is 38.8 Å². The molecule has 2 aromatic carbocycles. The summed E-state index contributed by atoms with van der Waals surface area (Å²) in [5.74, 6) is -1.56. The third-order valence-electron chi connectivity index (χ3n) is 6.08. The molecule has 3 rings (SSSR count). The Morgan fingerprint density at radius 2 is 1.42 bits per heavy atom. The molecule has 0 unspecified atom stereocenters. The lowest BCUT2D eigenvalue weighted by molar-refractivity contribution is -0.137. The van der Waals surface area contributed by atoms with Crippen molar-refractivity contribution in [1.29, 1.82) is 0 Å². The van der Waals surface area contributed by atoms with Crippen LogP contribution in [0.5, 0.6) is 0 Å². The van der Waals surface area contributed by atoms with Gasteiger partial charge in [-0.2, -0.15) is 0 Å². The van der Waals surface area contributed by atoms with Crippen molar-refractivity contribution >= 4 is 23.9 Å². The van der Waals surface area contributed by atoms with E-state index in [-0.39, 0.29) is 37.7 Å². The molecule has 0 spiro atoms. The Hall–Kier alpha value is -3.88. The van der Waals surface area contributed by atoms with Crippen molar-refractivity contribution in [1.82, 2.24) is 16.0 Å². The summed E-state index contributed by atoms with van der Waals surface area (Å²) < 4.78 is 5.17. The van der Waals surface area contributed by atoms with Crippen molar-refractivity contribution in [2.45, 2.75) is 57.1 Å². The number of unbranched alkanes of at least 4 members (excludes halogenated alkanes) is 1. The van der Waals surface area contributed by atoms with Gasteiger partial charge in [0.2, 0.25) is 11.8 Å². The van der Waals surface area contributed by atoms with Gasteiger partial charge in [0.1, 0.15) is 12.1 Å². The average molecular weight is 496 g/mol. The molecule has 0 aromatic heterocycles. The van der Waals surface area contributed by atoms with Crippen LogP contribution in [0.4, 0.5) is 4.79 Å². The monoisotopic (exact) mass is 495 g/mol. The minimum Gasteiger partial charge on any atom is -0.481 e. The normalized spacial score (nSPS) is 13.3. The first-order valence-electron chi connectivity index (χ1n) is 12.2. The molecule has 0 heterocycles. The minimum atomic E-state index is -1.09. The number of amides is 3. The lowest BCUT2D eigenvalue weighted by Gasteiger charge is -2.29. The summed E-state index contributed by atoms with van der Waals surface area (Å²) in [6.45, 7) is 1.02. The van der Waals surface area contributed by atoms with Crippen molar-refractivity contribution in [3.05, 3.63) is 71.3 Å². The van der Waals surface area contributed by atoms with Crippen LogP contribution in [0.25, 0.3) is 0 Å². The van der Waals surface area contributed by atoms with Crippen molar-refractivity contribution in [2.24, 2.45) is 0 Å². The number of carboxylic acids is 1. The van der Waals surface area contributed by atoms with Gasteiger partial charge >= 0.3 is 12.1 Å². The SMILES string of the molecule is O=C(O)CCCC(=O)NC1(C(=O)NCCCCNC(=O)OCc2ccccc2)Cc2ccccc2C1. The molecule has 192 valence electrons. The number of nitrogens with one attached hydrogen (secondary N) is 3. The summed E-state index contributed by atoms with van der Waals surface area (Å²) in [5.41, 5.74) is 1.84. The highest BCUT2D eigenvalue weighted by Crippen LogP contribution is 2.30. The van der Waals surface area contributed by atoms with E-state index in [0.717, 1.165) is 16.7 Å². The van der Waals surface area contributed by atoms with Crippen LogP contribution < -0.4 is 16.0 Å². The second-order valence-corrected chi connectivity index (χ2v) is 8.95. The standard InChI is InChI=1S/C27H33N3O6/c31-23(13-8-14-24(32)33)30-27(17-21-11-4-5-12-22(21)18-27)25(34)28-15-6-7-16-29-26(35)36-19-20-9-2-1-3-10-20/h1-5,9-12H,6-8,13-19H2,(H,28,34)(H,29,35)(H,30,31)(H,32,33). The fourth-order valence-electron chi connectivity index (χ4n) is 4.24. The molecule has 3 amide bonds. The van der Waals surface area contributed by atoms with Crippen LogP contribution in [-0.4, -0.2) is 47.6 Å². The Labute approximate surface area is 210 Å². The predicted octanol–water partition coefficient (Wildman–Crippen LogP) is 2.72. The zero-order chi connectivity index (χ0) is 25.8. The van der Waals surface area contributed by atoms with Crippen molar-refractivity contribution in [3.63, 3.8) is 0 Å². The predicted molar refractivity (Wildman–Crippen MR) is 133 cm³/mol. The number of benzene rings is 2. The number of hydrogen-bond donors (Lipinski definition) is 4. The maximum Gasteiger partial charge on any atom is 0.407 e. The van der Waals surface area contributed by atoms with Gasteiger partial charge in [0.05, 0.1) is 0 Å². The maximum absolute atomic E-state index is 13.2. The molecule has 0 saturated heterocycles. The summed E-state index contributed by atoms with van der Waals surface area (Å²) in [4.78, 5) is 48.3. The number of fused-ring (bicyclic) bond motifs is 1. The summed E-state index contributed by atoms with van der Waals surface area (Å²) in [6, 6.07) is 17.1. The van der Waals surface area contributed by atoms with E-state index < -0.39 is 17.6 Å². The molecule has 0 fully saturated rings. The topological polar surface area (TPSA) is 134 Å². The van der Waals surface area contributed by atoms with Crippen LogP contribution in [0.2, 0.25) is 0 Å². The van der Waals surface area contributed by atoms with Crippen LogP contribution in [0.3, 0.4) is 0 Å². The number of hydrogen-bond acceptors (Lipinski definition) is 5. The molecule has 1 aliphatic rings. The number of alkyl carbamates (subject to hydrolysis) is 1. The second kappa shape index (κ2) is 13.3. The highest BCUT2D eigenvalue weighted by molar-refractivity contribution is 5.93. The second-order valence-electron chi connectivity index (χ2n) is 8.95. The van der Waals surface area contributed by atoms with Gasteiger partial charge in [-0.1, -0.05) is 54.6 Å². The number of aliphatic carboxylic acids is 1. The smallest absolute Gasteiger partial charge is 0.407 e.